The number of aryl methyl sites for hydroxylation is 1. The Bertz CT molecular complexity index is 578. The van der Waals surface area contributed by atoms with Gasteiger partial charge >= 0.3 is 5.97 Å². The van der Waals surface area contributed by atoms with Gasteiger partial charge in [-0.15, -0.1) is 0 Å². The van der Waals surface area contributed by atoms with E-state index in [4.69, 9.17) is 5.11 Å². The van der Waals surface area contributed by atoms with Gasteiger partial charge < -0.3 is 9.67 Å². The molecule has 0 saturated heterocycles. The molecule has 0 saturated carbocycles. The molecule has 0 spiro atoms. The zero-order valence-corrected chi connectivity index (χ0v) is 12.1. The Hall–Kier alpha value is -1.37. The quantitative estimate of drug-likeness (QED) is 0.858. The number of nitrogens with zero attached hydrogens (tertiary/aromatic N) is 2. The Morgan fingerprint density at radius 3 is 3.00 bits per heavy atom. The molecule has 5 heteroatoms. The van der Waals surface area contributed by atoms with Gasteiger partial charge in [-0.1, -0.05) is 13.0 Å². The first-order chi connectivity index (χ1) is 8.61. The van der Waals surface area contributed by atoms with Gasteiger partial charge in [0.1, 0.15) is 5.69 Å². The van der Waals surface area contributed by atoms with Crippen molar-refractivity contribution in [1.82, 2.24) is 9.55 Å². The zero-order valence-electron chi connectivity index (χ0n) is 9.93. The topological polar surface area (TPSA) is 55.1 Å². The van der Waals surface area contributed by atoms with Gasteiger partial charge in [0.2, 0.25) is 0 Å². The fourth-order valence-corrected chi connectivity index (χ4v) is 2.51. The molecular weight excluding hydrogens is 343 g/mol. The van der Waals surface area contributed by atoms with Crippen molar-refractivity contribution in [3.05, 3.63) is 51.1 Å². The van der Waals surface area contributed by atoms with Crippen molar-refractivity contribution in [3.63, 3.8) is 0 Å². The van der Waals surface area contributed by atoms with E-state index < -0.39 is 5.97 Å². The summed E-state index contributed by atoms with van der Waals surface area (Å²) in [7, 11) is 0. The van der Waals surface area contributed by atoms with Crippen molar-refractivity contribution in [2.24, 2.45) is 0 Å². The van der Waals surface area contributed by atoms with E-state index in [9.17, 15) is 4.79 Å². The van der Waals surface area contributed by atoms with Crippen molar-refractivity contribution < 1.29 is 9.90 Å². The van der Waals surface area contributed by atoms with E-state index in [1.165, 1.54) is 0 Å². The SMILES string of the molecule is CCc1cccnc1Cn1cc(I)cc1C(=O)O. The molecule has 18 heavy (non-hydrogen) atoms. The van der Waals surface area contributed by atoms with Crippen LogP contribution in [0.25, 0.3) is 0 Å². The summed E-state index contributed by atoms with van der Waals surface area (Å²) in [6.45, 7) is 2.56. The monoisotopic (exact) mass is 356 g/mol. The predicted molar refractivity (Wildman–Crippen MR) is 76.8 cm³/mol. The van der Waals surface area contributed by atoms with Gasteiger partial charge in [0, 0.05) is 16.0 Å². The standard InChI is InChI=1S/C13H13IN2O2/c1-2-9-4-3-5-15-11(9)8-16-7-10(14)6-12(16)13(17)18/h3-7H,2,8H2,1H3,(H,17,18). The number of carboxylic acids is 1. The lowest BCUT2D eigenvalue weighted by Crippen LogP contribution is -2.10. The number of hydrogen-bond acceptors (Lipinski definition) is 2. The number of carboxylic acid groups (broad SMARTS) is 1. The lowest BCUT2D eigenvalue weighted by Gasteiger charge is -2.09. The average Bonchev–Trinajstić information content (AvgIpc) is 2.71. The third-order valence-corrected chi connectivity index (χ3v) is 3.36. The Morgan fingerprint density at radius 2 is 2.33 bits per heavy atom. The lowest BCUT2D eigenvalue weighted by atomic mass is 10.1. The minimum absolute atomic E-state index is 0.298. The van der Waals surface area contributed by atoms with Crippen molar-refractivity contribution in [2.75, 3.05) is 0 Å². The van der Waals surface area contributed by atoms with Crippen LogP contribution in [0.5, 0.6) is 0 Å². The minimum atomic E-state index is -0.910. The van der Waals surface area contributed by atoms with Crippen molar-refractivity contribution in [3.8, 4) is 0 Å². The second-order valence-corrected chi connectivity index (χ2v) is 5.19. The zero-order chi connectivity index (χ0) is 13.1. The van der Waals surface area contributed by atoms with Gasteiger partial charge in [0.15, 0.2) is 0 Å². The molecule has 2 aromatic rings. The number of pyridine rings is 1. The second kappa shape index (κ2) is 5.51. The van der Waals surface area contributed by atoms with Crippen molar-refractivity contribution in [1.29, 1.82) is 0 Å². The molecule has 4 nitrogen and oxygen atoms in total. The fourth-order valence-electron chi connectivity index (χ4n) is 1.88. The average molecular weight is 356 g/mol. The summed E-state index contributed by atoms with van der Waals surface area (Å²) in [6, 6.07) is 5.59. The summed E-state index contributed by atoms with van der Waals surface area (Å²) in [6.07, 6.45) is 4.46. The van der Waals surface area contributed by atoms with Crippen LogP contribution in [0.3, 0.4) is 0 Å². The summed E-state index contributed by atoms with van der Waals surface area (Å²) in [4.78, 5) is 15.5. The third-order valence-electron chi connectivity index (χ3n) is 2.77. The molecule has 94 valence electrons. The highest BCUT2D eigenvalue weighted by Gasteiger charge is 2.13. The van der Waals surface area contributed by atoms with Crippen LogP contribution in [0.15, 0.2) is 30.6 Å². The van der Waals surface area contributed by atoms with Gasteiger partial charge in [0.25, 0.3) is 0 Å². The first-order valence-corrected chi connectivity index (χ1v) is 6.71. The molecule has 2 aromatic heterocycles. The van der Waals surface area contributed by atoms with E-state index in [2.05, 4.69) is 34.5 Å². The molecule has 0 aliphatic carbocycles. The molecule has 0 unspecified atom stereocenters. The molecule has 1 N–H and O–H groups in total. The summed E-state index contributed by atoms with van der Waals surface area (Å²) in [5.41, 5.74) is 2.37. The van der Waals surface area contributed by atoms with Gasteiger partial charge in [0.05, 0.1) is 12.2 Å². The summed E-state index contributed by atoms with van der Waals surface area (Å²) in [5, 5.41) is 9.14. The van der Waals surface area contributed by atoms with Crippen molar-refractivity contribution >= 4 is 28.6 Å². The molecular formula is C13H13IN2O2. The Balaban J connectivity index is 2.36. The maximum atomic E-state index is 11.1. The normalized spacial score (nSPS) is 10.6. The van der Waals surface area contributed by atoms with Crippen LogP contribution in [-0.4, -0.2) is 20.6 Å². The summed E-state index contributed by atoms with van der Waals surface area (Å²) < 4.78 is 2.64. The summed E-state index contributed by atoms with van der Waals surface area (Å²) in [5.74, 6) is -0.910. The lowest BCUT2D eigenvalue weighted by molar-refractivity contribution is 0.0685. The van der Waals surface area contributed by atoms with E-state index in [0.29, 0.717) is 12.2 Å². The first kappa shape index (κ1) is 13.1. The van der Waals surface area contributed by atoms with Gasteiger partial charge in [-0.2, -0.15) is 0 Å². The molecule has 2 heterocycles. The highest BCUT2D eigenvalue weighted by Crippen LogP contribution is 2.15. The van der Waals surface area contributed by atoms with E-state index in [0.717, 1.165) is 21.2 Å². The molecule has 0 aliphatic rings. The second-order valence-electron chi connectivity index (χ2n) is 3.94. The number of aromatic nitrogens is 2. The van der Waals surface area contributed by atoms with Crippen LogP contribution in [0.4, 0.5) is 0 Å². The Labute approximate surface area is 119 Å². The van der Waals surface area contributed by atoms with Crippen LogP contribution < -0.4 is 0 Å². The smallest absolute Gasteiger partial charge is 0.352 e. The molecule has 2 rings (SSSR count). The number of aromatic carboxylic acids is 1. The van der Waals surface area contributed by atoms with Crippen LogP contribution in [0.1, 0.15) is 28.7 Å². The highest BCUT2D eigenvalue weighted by molar-refractivity contribution is 14.1. The van der Waals surface area contributed by atoms with E-state index in [-0.39, 0.29) is 0 Å². The number of carbonyl (C=O) groups is 1. The van der Waals surface area contributed by atoms with Crippen LogP contribution in [0, 0.1) is 3.57 Å². The highest BCUT2D eigenvalue weighted by atomic mass is 127. The fraction of sp³-hybridized carbons (Fsp3) is 0.231. The molecule has 0 aliphatic heterocycles. The van der Waals surface area contributed by atoms with E-state index in [1.807, 2.05) is 18.3 Å². The largest absolute Gasteiger partial charge is 0.477 e. The molecule has 0 amide bonds. The number of hydrogen-bond donors (Lipinski definition) is 1. The number of halogens is 1. The van der Waals surface area contributed by atoms with Crippen molar-refractivity contribution in [2.45, 2.75) is 19.9 Å². The molecule has 0 fully saturated rings. The van der Waals surface area contributed by atoms with Crippen LogP contribution in [0.2, 0.25) is 0 Å². The van der Waals surface area contributed by atoms with Gasteiger partial charge in [-0.25, -0.2) is 4.79 Å². The Kier molecular flexibility index (Phi) is 4.00. The van der Waals surface area contributed by atoms with Crippen LogP contribution >= 0.6 is 22.6 Å². The van der Waals surface area contributed by atoms with Gasteiger partial charge in [-0.3, -0.25) is 4.98 Å². The molecule has 0 atom stereocenters. The third kappa shape index (κ3) is 2.72. The molecule has 0 aromatic carbocycles. The summed E-state index contributed by atoms with van der Waals surface area (Å²) >= 11 is 2.12. The first-order valence-electron chi connectivity index (χ1n) is 5.63. The van der Waals surface area contributed by atoms with Crippen LogP contribution in [-0.2, 0) is 13.0 Å². The predicted octanol–water partition coefficient (Wildman–Crippen LogP) is 2.80. The molecule has 0 radical (unpaired) electrons. The Morgan fingerprint density at radius 1 is 1.56 bits per heavy atom. The maximum Gasteiger partial charge on any atom is 0.352 e. The maximum absolute atomic E-state index is 11.1. The molecule has 0 bridgehead atoms. The minimum Gasteiger partial charge on any atom is -0.477 e. The van der Waals surface area contributed by atoms with Gasteiger partial charge in [-0.05, 0) is 46.7 Å². The number of rotatable bonds is 4. The van der Waals surface area contributed by atoms with E-state index in [1.54, 1.807) is 16.8 Å². The van der Waals surface area contributed by atoms with E-state index >= 15 is 0 Å².